The summed E-state index contributed by atoms with van der Waals surface area (Å²) in [6.45, 7) is 5.65. The number of hydrogen-bond acceptors (Lipinski definition) is 9. The number of amides is 1. The number of ether oxygens (including phenoxy) is 2. The number of anilines is 3. The average Bonchev–Trinajstić information content (AvgIpc) is 2.84. The van der Waals surface area contributed by atoms with Crippen LogP contribution in [0, 0.1) is 0 Å². The lowest BCUT2D eigenvalue weighted by Gasteiger charge is -2.31. The molecule has 1 atom stereocenters. The molecule has 0 saturated carbocycles. The molecule has 1 amide bonds. The van der Waals surface area contributed by atoms with Gasteiger partial charge in [-0.1, -0.05) is 0 Å². The van der Waals surface area contributed by atoms with Crippen LogP contribution in [0.15, 0.2) is 18.3 Å². The molecule has 0 spiro atoms. The van der Waals surface area contributed by atoms with Crippen molar-refractivity contribution in [2.24, 2.45) is 5.73 Å². The molecule has 0 aromatic carbocycles. The second kappa shape index (κ2) is 10.1. The van der Waals surface area contributed by atoms with E-state index in [1.54, 1.807) is 6.07 Å². The van der Waals surface area contributed by atoms with E-state index >= 15 is 0 Å². The molecule has 2 fully saturated rings. The van der Waals surface area contributed by atoms with E-state index in [1.165, 1.54) is 6.92 Å². The average molecular weight is 481 g/mol. The van der Waals surface area contributed by atoms with Gasteiger partial charge in [-0.15, -0.1) is 0 Å². The molecule has 34 heavy (non-hydrogen) atoms. The van der Waals surface area contributed by atoms with Crippen molar-refractivity contribution in [1.29, 1.82) is 0 Å². The predicted molar refractivity (Wildman–Crippen MR) is 119 cm³/mol. The van der Waals surface area contributed by atoms with Crippen molar-refractivity contribution >= 4 is 23.4 Å². The molecule has 2 aliphatic heterocycles. The maximum atomic E-state index is 14.0. The maximum absolute atomic E-state index is 14.0. The Morgan fingerprint density at radius 2 is 1.56 bits per heavy atom. The van der Waals surface area contributed by atoms with E-state index in [2.05, 4.69) is 20.3 Å². The molecule has 4 heterocycles. The largest absolute Gasteiger partial charge is 0.417 e. The fraction of sp³-hybridized carbons (Fsp3) is 0.524. The van der Waals surface area contributed by atoms with E-state index in [-0.39, 0.29) is 17.2 Å². The Balaban J connectivity index is 1.78. The first kappa shape index (κ1) is 24.1. The lowest BCUT2D eigenvalue weighted by atomic mass is 10.1. The molecule has 2 aliphatic rings. The molecule has 0 aliphatic carbocycles. The van der Waals surface area contributed by atoms with E-state index in [4.69, 9.17) is 15.2 Å². The monoisotopic (exact) mass is 481 g/mol. The minimum absolute atomic E-state index is 0.102. The van der Waals surface area contributed by atoms with Gasteiger partial charge in [-0.3, -0.25) is 4.79 Å². The highest BCUT2D eigenvalue weighted by Crippen LogP contribution is 2.38. The van der Waals surface area contributed by atoms with Crippen LogP contribution in [-0.4, -0.2) is 79.5 Å². The molecule has 184 valence electrons. The molecule has 10 nitrogen and oxygen atoms in total. The van der Waals surface area contributed by atoms with Crippen LogP contribution in [0.1, 0.15) is 12.5 Å². The fourth-order valence-electron chi connectivity index (χ4n) is 3.63. The number of alkyl halides is 3. The Morgan fingerprint density at radius 1 is 1.03 bits per heavy atom. The Hall–Kier alpha value is -3.03. The zero-order valence-electron chi connectivity index (χ0n) is 18.6. The molecule has 0 radical (unpaired) electrons. The van der Waals surface area contributed by atoms with Gasteiger partial charge in [0.25, 0.3) is 0 Å². The fourth-order valence-corrected chi connectivity index (χ4v) is 3.63. The van der Waals surface area contributed by atoms with Gasteiger partial charge in [0.15, 0.2) is 5.82 Å². The van der Waals surface area contributed by atoms with Gasteiger partial charge < -0.3 is 30.3 Å². The van der Waals surface area contributed by atoms with Crippen molar-refractivity contribution in [2.75, 3.05) is 67.7 Å². The molecule has 13 heteroatoms. The van der Waals surface area contributed by atoms with Crippen molar-refractivity contribution < 1.29 is 27.4 Å². The van der Waals surface area contributed by atoms with Crippen molar-refractivity contribution in [1.82, 2.24) is 15.0 Å². The number of carbonyl (C=O) groups excluding carboxylic acids is 1. The van der Waals surface area contributed by atoms with Gasteiger partial charge in [0, 0.05) is 38.4 Å². The van der Waals surface area contributed by atoms with Crippen LogP contribution in [0.25, 0.3) is 11.4 Å². The van der Waals surface area contributed by atoms with Crippen LogP contribution in [0.3, 0.4) is 0 Å². The molecular weight excluding hydrogens is 455 g/mol. The Bertz CT molecular complexity index is 987. The highest BCUT2D eigenvalue weighted by atomic mass is 19.4. The summed E-state index contributed by atoms with van der Waals surface area (Å²) in [4.78, 5) is 28.7. The molecule has 3 N–H and O–H groups in total. The minimum Gasteiger partial charge on any atom is -0.378 e. The van der Waals surface area contributed by atoms with Crippen molar-refractivity contribution in [3.8, 4) is 11.4 Å². The smallest absolute Gasteiger partial charge is 0.378 e. The van der Waals surface area contributed by atoms with Crippen molar-refractivity contribution in [2.45, 2.75) is 19.1 Å². The SMILES string of the molecule is C[C@@H](N)C(=O)Nc1cc(C(F)(F)F)c(-c2nc(N3CCOCC3)cc(N3CCOCC3)n2)cn1. The highest BCUT2D eigenvalue weighted by molar-refractivity contribution is 5.93. The summed E-state index contributed by atoms with van der Waals surface area (Å²) in [7, 11) is 0. The maximum Gasteiger partial charge on any atom is 0.417 e. The molecule has 2 aromatic rings. The molecule has 0 bridgehead atoms. The Kier molecular flexibility index (Phi) is 7.14. The highest BCUT2D eigenvalue weighted by Gasteiger charge is 2.36. The number of nitrogens with one attached hydrogen (secondary N) is 1. The number of pyridine rings is 1. The van der Waals surface area contributed by atoms with Crippen LogP contribution >= 0.6 is 0 Å². The Morgan fingerprint density at radius 3 is 2.03 bits per heavy atom. The van der Waals surface area contributed by atoms with Gasteiger partial charge in [-0.2, -0.15) is 13.2 Å². The summed E-state index contributed by atoms with van der Waals surface area (Å²) in [5.74, 6) is 0.0227. The topological polar surface area (TPSA) is 119 Å². The van der Waals surface area contributed by atoms with Crippen molar-refractivity contribution in [3.63, 3.8) is 0 Å². The van der Waals surface area contributed by atoms with Crippen LogP contribution in [-0.2, 0) is 20.4 Å². The first-order valence-electron chi connectivity index (χ1n) is 10.9. The van der Waals surface area contributed by atoms with Gasteiger partial charge in [0.1, 0.15) is 17.5 Å². The number of nitrogens with two attached hydrogens (primary N) is 1. The standard InChI is InChI=1S/C21H26F3N7O3/c1-13(25)20(32)27-16-10-15(21(22,23)24)14(12-26-16)19-28-17(30-2-6-33-7-3-30)11-18(29-19)31-4-8-34-9-5-31/h10-13H,2-9,25H2,1H3,(H,26,27,32)/t13-/m1/s1. The lowest BCUT2D eigenvalue weighted by molar-refractivity contribution is -0.137. The summed E-state index contributed by atoms with van der Waals surface area (Å²) < 4.78 is 52.9. The number of morpholine rings is 2. The minimum atomic E-state index is -4.73. The van der Waals surface area contributed by atoms with E-state index in [1.807, 2.05) is 9.80 Å². The third-order valence-corrected chi connectivity index (χ3v) is 5.48. The molecule has 4 rings (SSSR count). The van der Waals surface area contributed by atoms with E-state index in [9.17, 15) is 18.0 Å². The third-order valence-electron chi connectivity index (χ3n) is 5.48. The predicted octanol–water partition coefficient (Wildman–Crippen LogP) is 1.52. The Labute approximate surface area is 194 Å². The lowest BCUT2D eigenvalue weighted by Crippen LogP contribution is -2.39. The molecular formula is C21H26F3N7O3. The van der Waals surface area contributed by atoms with E-state index in [0.29, 0.717) is 64.2 Å². The van der Waals surface area contributed by atoms with Crippen molar-refractivity contribution in [3.05, 3.63) is 23.9 Å². The summed E-state index contributed by atoms with van der Waals surface area (Å²) in [6.07, 6.45) is -3.70. The summed E-state index contributed by atoms with van der Waals surface area (Å²) in [5, 5.41) is 2.30. The third kappa shape index (κ3) is 5.54. The van der Waals surface area contributed by atoms with Gasteiger partial charge in [0.05, 0.1) is 43.6 Å². The zero-order chi connectivity index (χ0) is 24.3. The summed E-state index contributed by atoms with van der Waals surface area (Å²) >= 11 is 0. The molecule has 2 saturated heterocycles. The second-order valence-electron chi connectivity index (χ2n) is 8.00. The number of hydrogen-bond donors (Lipinski definition) is 2. The first-order chi connectivity index (χ1) is 16.2. The first-order valence-corrected chi connectivity index (χ1v) is 10.9. The van der Waals surface area contributed by atoms with E-state index in [0.717, 1.165) is 12.3 Å². The van der Waals surface area contributed by atoms with Gasteiger partial charge in [0.2, 0.25) is 5.91 Å². The van der Waals surface area contributed by atoms with Gasteiger partial charge >= 0.3 is 6.18 Å². The normalized spacial score (nSPS) is 18.0. The zero-order valence-corrected chi connectivity index (χ0v) is 18.6. The molecule has 2 aromatic heterocycles. The van der Waals surface area contributed by atoms with Crippen LogP contribution < -0.4 is 20.9 Å². The quantitative estimate of drug-likeness (QED) is 0.655. The summed E-state index contributed by atoms with van der Waals surface area (Å²) in [5.41, 5.74) is 4.21. The summed E-state index contributed by atoms with van der Waals surface area (Å²) in [6, 6.07) is 1.65. The van der Waals surface area contributed by atoms with E-state index < -0.39 is 23.7 Å². The van der Waals surface area contributed by atoms with Gasteiger partial charge in [-0.05, 0) is 13.0 Å². The van der Waals surface area contributed by atoms with Crippen LogP contribution in [0.5, 0.6) is 0 Å². The number of nitrogens with zero attached hydrogens (tertiary/aromatic N) is 5. The van der Waals surface area contributed by atoms with Gasteiger partial charge in [-0.25, -0.2) is 15.0 Å². The number of carbonyl (C=O) groups is 1. The number of aromatic nitrogens is 3. The number of rotatable bonds is 5. The second-order valence-corrected chi connectivity index (χ2v) is 8.00. The van der Waals surface area contributed by atoms with Crippen LogP contribution in [0.2, 0.25) is 0 Å². The molecule has 0 unspecified atom stereocenters. The van der Waals surface area contributed by atoms with Crippen LogP contribution in [0.4, 0.5) is 30.6 Å². The number of halogens is 3.